The Kier molecular flexibility index (Phi) is 3.37. The summed E-state index contributed by atoms with van der Waals surface area (Å²) in [7, 11) is -3.97. The van der Waals surface area contributed by atoms with Crippen LogP contribution in [0.3, 0.4) is 0 Å². The molecule has 0 spiro atoms. The Morgan fingerprint density at radius 3 is 2.67 bits per heavy atom. The van der Waals surface area contributed by atoms with E-state index >= 15 is 0 Å². The van der Waals surface area contributed by atoms with Gasteiger partial charge in [0.2, 0.25) is 0 Å². The summed E-state index contributed by atoms with van der Waals surface area (Å²) >= 11 is 6.49. The molecule has 0 saturated carbocycles. The summed E-state index contributed by atoms with van der Waals surface area (Å²) in [6.45, 7) is -0.352. The fourth-order valence-electron chi connectivity index (χ4n) is 1.56. The molecule has 9 heteroatoms. The van der Waals surface area contributed by atoms with Gasteiger partial charge in [0, 0.05) is 0 Å². The first-order valence-electron chi connectivity index (χ1n) is 4.72. The van der Waals surface area contributed by atoms with Gasteiger partial charge in [-0.15, -0.1) is 11.3 Å². The van der Waals surface area contributed by atoms with Crippen LogP contribution in [-0.4, -0.2) is 41.5 Å². The standard InChI is InChI=1S/C9H8ClNO5S2/c10-7-1-2-8(17-7)18(15,16)11-4-5(12)3-6(11)9(13)14/h1-3,6,12H,4H2,(H,13,14)/t6-/m0/s1. The number of hydrogen-bond acceptors (Lipinski definition) is 5. The van der Waals surface area contributed by atoms with Gasteiger partial charge in [-0.3, -0.25) is 4.79 Å². The zero-order valence-corrected chi connectivity index (χ0v) is 11.2. The summed E-state index contributed by atoms with van der Waals surface area (Å²) in [4.78, 5) is 11.0. The minimum absolute atomic E-state index is 0.0538. The molecule has 0 bridgehead atoms. The zero-order valence-electron chi connectivity index (χ0n) is 8.78. The van der Waals surface area contributed by atoms with E-state index in [9.17, 15) is 18.3 Å². The van der Waals surface area contributed by atoms with Gasteiger partial charge >= 0.3 is 5.97 Å². The van der Waals surface area contributed by atoms with Crippen LogP contribution < -0.4 is 0 Å². The number of hydrogen-bond donors (Lipinski definition) is 2. The van der Waals surface area contributed by atoms with E-state index in [2.05, 4.69) is 0 Å². The quantitative estimate of drug-likeness (QED) is 0.877. The maximum absolute atomic E-state index is 12.2. The molecule has 0 aliphatic carbocycles. The predicted octanol–water partition coefficient (Wildman–Crippen LogP) is 1.30. The third-order valence-electron chi connectivity index (χ3n) is 2.34. The summed E-state index contributed by atoms with van der Waals surface area (Å²) in [5.41, 5.74) is 0. The van der Waals surface area contributed by atoms with Crippen molar-refractivity contribution in [3.8, 4) is 0 Å². The maximum Gasteiger partial charge on any atom is 0.326 e. The van der Waals surface area contributed by atoms with Crippen molar-refractivity contribution in [3.05, 3.63) is 28.3 Å². The van der Waals surface area contributed by atoms with Crippen LogP contribution in [0, 0.1) is 0 Å². The Bertz CT molecular complexity index is 621. The van der Waals surface area contributed by atoms with Crippen molar-refractivity contribution in [2.24, 2.45) is 0 Å². The van der Waals surface area contributed by atoms with Gasteiger partial charge in [0.15, 0.2) is 0 Å². The van der Waals surface area contributed by atoms with Crippen molar-refractivity contribution in [2.75, 3.05) is 6.54 Å². The number of carbonyl (C=O) groups is 1. The van der Waals surface area contributed by atoms with E-state index in [-0.39, 0.29) is 20.8 Å². The molecule has 6 nitrogen and oxygen atoms in total. The Hall–Kier alpha value is -1.09. The van der Waals surface area contributed by atoms with E-state index in [4.69, 9.17) is 16.7 Å². The van der Waals surface area contributed by atoms with Gasteiger partial charge in [-0.1, -0.05) is 11.6 Å². The molecule has 2 rings (SSSR count). The number of nitrogens with zero attached hydrogens (tertiary/aromatic N) is 1. The lowest BCUT2D eigenvalue weighted by molar-refractivity contribution is -0.139. The molecule has 0 unspecified atom stereocenters. The number of aliphatic hydroxyl groups is 1. The number of rotatable bonds is 3. The predicted molar refractivity (Wildman–Crippen MR) is 65.4 cm³/mol. The highest BCUT2D eigenvalue weighted by atomic mass is 35.5. The monoisotopic (exact) mass is 309 g/mol. The van der Waals surface area contributed by atoms with Crippen LogP contribution in [0.25, 0.3) is 0 Å². The van der Waals surface area contributed by atoms with Crippen molar-refractivity contribution < 1.29 is 23.4 Å². The van der Waals surface area contributed by atoms with Gasteiger partial charge in [0.05, 0.1) is 10.9 Å². The Morgan fingerprint density at radius 1 is 1.50 bits per heavy atom. The molecule has 2 N–H and O–H groups in total. The van der Waals surface area contributed by atoms with Crippen molar-refractivity contribution in [2.45, 2.75) is 10.3 Å². The first-order chi connectivity index (χ1) is 8.32. The molecule has 0 aromatic carbocycles. The Balaban J connectivity index is 2.40. The van der Waals surface area contributed by atoms with Crippen LogP contribution >= 0.6 is 22.9 Å². The fourth-order valence-corrected chi connectivity index (χ4v) is 4.67. The fraction of sp³-hybridized carbons (Fsp3) is 0.222. The van der Waals surface area contributed by atoms with Crippen LogP contribution in [0.5, 0.6) is 0 Å². The number of thiophene rings is 1. The molecule has 0 radical (unpaired) electrons. The SMILES string of the molecule is O=C(O)[C@@H]1C=C(O)CN1S(=O)(=O)c1ccc(Cl)s1. The maximum atomic E-state index is 12.2. The second-order valence-electron chi connectivity index (χ2n) is 3.55. The minimum Gasteiger partial charge on any atom is -0.511 e. The average Bonchev–Trinajstić information content (AvgIpc) is 2.84. The summed E-state index contributed by atoms with van der Waals surface area (Å²) < 4.78 is 25.3. The van der Waals surface area contributed by atoms with Gasteiger partial charge in [-0.05, 0) is 18.2 Å². The third-order valence-corrected chi connectivity index (χ3v) is 5.87. The van der Waals surface area contributed by atoms with Gasteiger partial charge in [-0.2, -0.15) is 4.31 Å². The van der Waals surface area contributed by atoms with Gasteiger partial charge in [-0.25, -0.2) is 8.42 Å². The van der Waals surface area contributed by atoms with Crippen molar-refractivity contribution in [3.63, 3.8) is 0 Å². The average molecular weight is 310 g/mol. The number of sulfonamides is 1. The highest BCUT2D eigenvalue weighted by Crippen LogP contribution is 2.31. The molecule has 0 fully saturated rings. The zero-order chi connectivity index (χ0) is 13.5. The molecule has 0 amide bonds. The van der Waals surface area contributed by atoms with E-state index in [0.717, 1.165) is 17.4 Å². The Labute approximate surface area is 112 Å². The molecule has 1 aromatic heterocycles. The number of halogens is 1. The number of carboxylic acids is 1. The smallest absolute Gasteiger partial charge is 0.326 e. The highest BCUT2D eigenvalue weighted by Gasteiger charge is 2.40. The van der Waals surface area contributed by atoms with E-state index in [1.54, 1.807) is 0 Å². The summed E-state index contributed by atoms with van der Waals surface area (Å²) in [5, 5.41) is 18.2. The molecule has 2 heterocycles. The molecule has 0 saturated heterocycles. The van der Waals surface area contributed by atoms with E-state index in [1.807, 2.05) is 0 Å². The molecule has 1 aliphatic rings. The van der Waals surface area contributed by atoms with Crippen LogP contribution in [0.1, 0.15) is 0 Å². The van der Waals surface area contributed by atoms with Gasteiger partial charge in [0.1, 0.15) is 16.0 Å². The van der Waals surface area contributed by atoms with E-state index in [1.165, 1.54) is 12.1 Å². The van der Waals surface area contributed by atoms with Crippen LogP contribution in [0.4, 0.5) is 0 Å². The molecule has 1 aliphatic heterocycles. The molecule has 1 aromatic rings. The lowest BCUT2D eigenvalue weighted by atomic mass is 10.3. The van der Waals surface area contributed by atoms with Crippen LogP contribution in [0.2, 0.25) is 4.34 Å². The highest BCUT2D eigenvalue weighted by molar-refractivity contribution is 7.91. The lowest BCUT2D eigenvalue weighted by Crippen LogP contribution is -2.40. The van der Waals surface area contributed by atoms with Crippen LogP contribution in [-0.2, 0) is 14.8 Å². The molecular formula is C9H8ClNO5S2. The van der Waals surface area contributed by atoms with Gasteiger partial charge in [0.25, 0.3) is 10.0 Å². The molecule has 18 heavy (non-hydrogen) atoms. The minimum atomic E-state index is -3.97. The van der Waals surface area contributed by atoms with Crippen molar-refractivity contribution >= 4 is 38.9 Å². The molecule has 1 atom stereocenters. The van der Waals surface area contributed by atoms with E-state index < -0.39 is 22.0 Å². The third kappa shape index (κ3) is 2.24. The van der Waals surface area contributed by atoms with Crippen molar-refractivity contribution in [1.29, 1.82) is 0 Å². The first-order valence-corrected chi connectivity index (χ1v) is 7.35. The van der Waals surface area contributed by atoms with E-state index in [0.29, 0.717) is 4.31 Å². The van der Waals surface area contributed by atoms with Crippen LogP contribution in [0.15, 0.2) is 28.2 Å². The Morgan fingerprint density at radius 2 is 2.17 bits per heavy atom. The molecular weight excluding hydrogens is 302 g/mol. The summed E-state index contributed by atoms with van der Waals surface area (Å²) in [6.07, 6.45) is 0.995. The number of aliphatic carboxylic acids is 1. The topological polar surface area (TPSA) is 94.9 Å². The first kappa shape index (κ1) is 13.3. The summed E-state index contributed by atoms with van der Waals surface area (Å²) in [5.74, 6) is -1.63. The summed E-state index contributed by atoms with van der Waals surface area (Å²) in [6, 6.07) is 1.32. The van der Waals surface area contributed by atoms with Crippen molar-refractivity contribution in [1.82, 2.24) is 4.31 Å². The van der Waals surface area contributed by atoms with Gasteiger partial charge < -0.3 is 10.2 Å². The number of aliphatic hydroxyl groups excluding tert-OH is 1. The second-order valence-corrected chi connectivity index (χ2v) is 7.38. The lowest BCUT2D eigenvalue weighted by Gasteiger charge is -2.19. The normalized spacial score (nSPS) is 20.9. The molecule has 98 valence electrons. The number of carboxylic acid groups (broad SMARTS) is 1. The largest absolute Gasteiger partial charge is 0.511 e. The second kappa shape index (κ2) is 4.54.